The highest BCUT2D eigenvalue weighted by atomic mass is 19.1. The van der Waals surface area contributed by atoms with Crippen LogP contribution in [0.25, 0.3) is 16.7 Å². The zero-order chi connectivity index (χ0) is 25.4. The van der Waals surface area contributed by atoms with Crippen LogP contribution >= 0.6 is 0 Å². The van der Waals surface area contributed by atoms with Crippen molar-refractivity contribution in [1.29, 1.82) is 0 Å². The van der Waals surface area contributed by atoms with E-state index in [0.717, 1.165) is 16.6 Å². The SMILES string of the molecule is CCn1c(=O)c(CCC(=O)Nc2ccc3c(c2)OCCO3)c(C)c2c(C)nn(-c3cccc(F)c3)c21. The van der Waals surface area contributed by atoms with Crippen molar-refractivity contribution >= 4 is 22.6 Å². The van der Waals surface area contributed by atoms with Crippen molar-refractivity contribution in [3.63, 3.8) is 0 Å². The van der Waals surface area contributed by atoms with Crippen molar-refractivity contribution in [3.05, 3.63) is 75.5 Å². The Labute approximate surface area is 207 Å². The molecule has 1 aliphatic heterocycles. The second-order valence-electron chi connectivity index (χ2n) is 8.74. The summed E-state index contributed by atoms with van der Waals surface area (Å²) in [5.41, 5.74) is 3.68. The number of nitrogens with zero attached hydrogens (tertiary/aromatic N) is 3. The van der Waals surface area contributed by atoms with Gasteiger partial charge in [-0.1, -0.05) is 6.07 Å². The molecule has 36 heavy (non-hydrogen) atoms. The predicted octanol–water partition coefficient (Wildman–Crippen LogP) is 4.31. The molecule has 1 N–H and O–H groups in total. The van der Waals surface area contributed by atoms with E-state index in [9.17, 15) is 14.0 Å². The molecule has 3 heterocycles. The van der Waals surface area contributed by atoms with Crippen LogP contribution in [-0.2, 0) is 17.8 Å². The second kappa shape index (κ2) is 9.49. The van der Waals surface area contributed by atoms with Gasteiger partial charge < -0.3 is 14.8 Å². The number of aromatic nitrogens is 3. The lowest BCUT2D eigenvalue weighted by atomic mass is 10.0. The van der Waals surface area contributed by atoms with Crippen molar-refractivity contribution in [3.8, 4) is 17.2 Å². The fraction of sp³-hybridized carbons (Fsp3) is 0.296. The summed E-state index contributed by atoms with van der Waals surface area (Å²) in [7, 11) is 0. The van der Waals surface area contributed by atoms with Gasteiger partial charge in [-0.3, -0.25) is 14.2 Å². The summed E-state index contributed by atoms with van der Waals surface area (Å²) >= 11 is 0. The van der Waals surface area contributed by atoms with Crippen LogP contribution in [-0.4, -0.2) is 33.5 Å². The Kier molecular flexibility index (Phi) is 6.22. The van der Waals surface area contributed by atoms with Crippen LogP contribution in [0.5, 0.6) is 11.5 Å². The Morgan fingerprint density at radius 3 is 2.64 bits per heavy atom. The monoisotopic (exact) mass is 490 g/mol. The molecule has 4 aromatic rings. The number of hydrogen-bond acceptors (Lipinski definition) is 5. The first-order valence-corrected chi connectivity index (χ1v) is 11.9. The van der Waals surface area contributed by atoms with Crippen LogP contribution in [0, 0.1) is 19.7 Å². The van der Waals surface area contributed by atoms with Gasteiger partial charge in [0.2, 0.25) is 5.91 Å². The minimum Gasteiger partial charge on any atom is -0.486 e. The summed E-state index contributed by atoms with van der Waals surface area (Å²) in [5.74, 6) is 0.659. The van der Waals surface area contributed by atoms with Gasteiger partial charge in [-0.15, -0.1) is 0 Å². The molecule has 0 fully saturated rings. The van der Waals surface area contributed by atoms with Crippen molar-refractivity contribution in [2.75, 3.05) is 18.5 Å². The number of hydrogen-bond donors (Lipinski definition) is 1. The zero-order valence-electron chi connectivity index (χ0n) is 20.4. The summed E-state index contributed by atoms with van der Waals surface area (Å²) < 4.78 is 28.3. The van der Waals surface area contributed by atoms with Crippen LogP contribution < -0.4 is 20.3 Å². The second-order valence-corrected chi connectivity index (χ2v) is 8.74. The number of benzene rings is 2. The molecule has 186 valence electrons. The molecule has 0 radical (unpaired) electrons. The number of carbonyl (C=O) groups is 1. The predicted molar refractivity (Wildman–Crippen MR) is 135 cm³/mol. The van der Waals surface area contributed by atoms with Crippen molar-refractivity contribution in [2.24, 2.45) is 0 Å². The molecule has 0 aliphatic carbocycles. The smallest absolute Gasteiger partial charge is 0.255 e. The Morgan fingerprint density at radius 1 is 1.11 bits per heavy atom. The van der Waals surface area contributed by atoms with E-state index in [1.165, 1.54) is 12.1 Å². The van der Waals surface area contributed by atoms with E-state index in [-0.39, 0.29) is 30.1 Å². The van der Waals surface area contributed by atoms with Crippen LogP contribution in [0.1, 0.15) is 30.2 Å². The van der Waals surface area contributed by atoms with Crippen LogP contribution in [0.2, 0.25) is 0 Å². The number of ether oxygens (including phenoxy) is 2. The van der Waals surface area contributed by atoms with Gasteiger partial charge in [-0.25, -0.2) is 9.07 Å². The number of anilines is 1. The third-order valence-electron chi connectivity index (χ3n) is 6.42. The van der Waals surface area contributed by atoms with Gasteiger partial charge in [0.25, 0.3) is 5.56 Å². The molecule has 0 spiro atoms. The maximum absolute atomic E-state index is 13.9. The van der Waals surface area contributed by atoms with Crippen molar-refractivity contribution in [2.45, 2.75) is 40.2 Å². The number of halogens is 1. The highest BCUT2D eigenvalue weighted by Gasteiger charge is 2.21. The largest absolute Gasteiger partial charge is 0.486 e. The lowest BCUT2D eigenvalue weighted by molar-refractivity contribution is -0.116. The number of fused-ring (bicyclic) bond motifs is 2. The summed E-state index contributed by atoms with van der Waals surface area (Å²) in [6.45, 7) is 7.00. The molecular weight excluding hydrogens is 463 g/mol. The van der Waals surface area contributed by atoms with Gasteiger partial charge in [0.05, 0.1) is 11.4 Å². The summed E-state index contributed by atoms with van der Waals surface area (Å²) in [5, 5.41) is 8.34. The number of aryl methyl sites for hydroxylation is 3. The highest BCUT2D eigenvalue weighted by molar-refractivity contribution is 5.91. The Bertz CT molecular complexity index is 1540. The first-order valence-electron chi connectivity index (χ1n) is 11.9. The molecule has 9 heteroatoms. The van der Waals surface area contributed by atoms with E-state index in [2.05, 4.69) is 10.4 Å². The molecule has 5 rings (SSSR count). The van der Waals surface area contributed by atoms with Gasteiger partial charge in [-0.2, -0.15) is 5.10 Å². The summed E-state index contributed by atoms with van der Waals surface area (Å²) in [6, 6.07) is 11.4. The molecule has 2 aromatic carbocycles. The highest BCUT2D eigenvalue weighted by Crippen LogP contribution is 2.32. The molecule has 0 saturated carbocycles. The van der Waals surface area contributed by atoms with Crippen LogP contribution in [0.4, 0.5) is 10.1 Å². The van der Waals surface area contributed by atoms with Gasteiger partial charge in [0.1, 0.15) is 24.7 Å². The molecule has 0 bridgehead atoms. The summed E-state index contributed by atoms with van der Waals surface area (Å²) in [6.07, 6.45) is 0.415. The average molecular weight is 491 g/mol. The molecule has 0 atom stereocenters. The van der Waals surface area contributed by atoms with Gasteiger partial charge >= 0.3 is 0 Å². The molecule has 0 unspecified atom stereocenters. The van der Waals surface area contributed by atoms with E-state index in [4.69, 9.17) is 9.47 Å². The van der Waals surface area contributed by atoms with Crippen LogP contribution in [0.3, 0.4) is 0 Å². The minimum atomic E-state index is -0.378. The number of amides is 1. The van der Waals surface area contributed by atoms with E-state index in [1.807, 2.05) is 20.8 Å². The van der Waals surface area contributed by atoms with Crippen molar-refractivity contribution in [1.82, 2.24) is 14.3 Å². The molecular formula is C27H27FN4O4. The maximum Gasteiger partial charge on any atom is 0.255 e. The Balaban J connectivity index is 1.44. The number of nitrogens with one attached hydrogen (secondary N) is 1. The number of carbonyl (C=O) groups excluding carboxylic acids is 1. The molecule has 8 nitrogen and oxygen atoms in total. The first-order chi connectivity index (χ1) is 17.4. The third kappa shape index (κ3) is 4.21. The first kappa shape index (κ1) is 23.6. The van der Waals surface area contributed by atoms with E-state index >= 15 is 0 Å². The van der Waals surface area contributed by atoms with Crippen molar-refractivity contribution < 1.29 is 18.7 Å². The van der Waals surface area contributed by atoms with Gasteiger partial charge in [-0.05, 0) is 63.1 Å². The quantitative estimate of drug-likeness (QED) is 0.435. The molecule has 2 aromatic heterocycles. The van der Waals surface area contributed by atoms with Gasteiger partial charge in [0, 0.05) is 35.7 Å². The van der Waals surface area contributed by atoms with E-state index < -0.39 is 0 Å². The van der Waals surface area contributed by atoms with Gasteiger partial charge in [0.15, 0.2) is 11.5 Å². The standard InChI is InChI=1S/C27H27FN4O4/c1-4-31-26-25(17(3)30-32(26)20-7-5-6-18(28)14-20)16(2)21(27(31)34)9-11-24(33)29-19-8-10-22-23(15-19)36-13-12-35-22/h5-8,10,14-15H,4,9,11-13H2,1-3H3,(H,29,33). The van der Waals surface area contributed by atoms with E-state index in [0.29, 0.717) is 53.8 Å². The normalized spacial score (nSPS) is 12.7. The lowest BCUT2D eigenvalue weighted by Crippen LogP contribution is -2.27. The number of pyridine rings is 1. The minimum absolute atomic E-state index is 0.136. The summed E-state index contributed by atoms with van der Waals surface area (Å²) in [4.78, 5) is 26.3. The van der Waals surface area contributed by atoms with Crippen LogP contribution in [0.15, 0.2) is 47.3 Å². The molecule has 0 saturated heterocycles. The zero-order valence-corrected chi connectivity index (χ0v) is 20.4. The number of rotatable bonds is 6. The topological polar surface area (TPSA) is 87.4 Å². The average Bonchev–Trinajstić information content (AvgIpc) is 3.21. The Hall–Kier alpha value is -4.14. The molecule has 1 aliphatic rings. The Morgan fingerprint density at radius 2 is 1.89 bits per heavy atom. The fourth-order valence-electron chi connectivity index (χ4n) is 4.73. The molecule has 1 amide bonds. The third-order valence-corrected chi connectivity index (χ3v) is 6.42. The fourth-order valence-corrected chi connectivity index (χ4v) is 4.73. The maximum atomic E-state index is 13.9. The van der Waals surface area contributed by atoms with E-state index in [1.54, 1.807) is 39.6 Å². The lowest BCUT2D eigenvalue weighted by Gasteiger charge is -2.19.